The van der Waals surface area contributed by atoms with Gasteiger partial charge in [-0.05, 0) is 81.0 Å². The van der Waals surface area contributed by atoms with Crippen molar-refractivity contribution in [2.75, 3.05) is 6.54 Å². The predicted molar refractivity (Wildman–Crippen MR) is 96.3 cm³/mol. The molecule has 2 aromatic rings. The molecule has 0 bridgehead atoms. The molecule has 0 fully saturated rings. The Hall–Kier alpha value is 0.380. The normalized spacial score (nSPS) is 12.6. The van der Waals surface area contributed by atoms with Crippen molar-refractivity contribution in [2.45, 2.75) is 19.4 Å². The maximum atomic E-state index is 6.13. The molecule has 2 rings (SSSR count). The molecular formula is C14H14BrClINS. The monoisotopic (exact) mass is 469 g/mol. The van der Waals surface area contributed by atoms with Gasteiger partial charge in [0.2, 0.25) is 0 Å². The molecule has 1 unspecified atom stereocenters. The van der Waals surface area contributed by atoms with E-state index in [0.717, 1.165) is 18.0 Å². The average Bonchev–Trinajstić information content (AvgIpc) is 2.77. The average molecular weight is 471 g/mol. The van der Waals surface area contributed by atoms with Gasteiger partial charge < -0.3 is 5.32 Å². The number of thiophene rings is 1. The Morgan fingerprint density at radius 3 is 2.79 bits per heavy atom. The van der Waals surface area contributed by atoms with Crippen LogP contribution >= 0.6 is 61.5 Å². The number of hydrogen-bond acceptors (Lipinski definition) is 2. The lowest BCUT2D eigenvalue weighted by atomic mass is 10.0. The van der Waals surface area contributed by atoms with Crippen molar-refractivity contribution in [3.05, 3.63) is 53.2 Å². The standard InChI is InChI=1S/C14H14BrClINS/c1-2-18-13(8-10-4-6-14(15)19-10)11-7-9(16)3-5-12(11)17/h3-7,13,18H,2,8H2,1H3. The minimum Gasteiger partial charge on any atom is -0.310 e. The Morgan fingerprint density at radius 2 is 2.16 bits per heavy atom. The Morgan fingerprint density at radius 1 is 1.37 bits per heavy atom. The lowest BCUT2D eigenvalue weighted by molar-refractivity contribution is 0.551. The minimum atomic E-state index is 0.307. The van der Waals surface area contributed by atoms with Crippen LogP contribution in [0.25, 0.3) is 0 Å². The largest absolute Gasteiger partial charge is 0.310 e. The highest BCUT2D eigenvalue weighted by molar-refractivity contribution is 14.1. The lowest BCUT2D eigenvalue weighted by Crippen LogP contribution is -2.23. The van der Waals surface area contributed by atoms with E-state index in [9.17, 15) is 0 Å². The summed E-state index contributed by atoms with van der Waals surface area (Å²) >= 11 is 13.8. The third-order valence-corrected chi connectivity index (χ3v) is 5.68. The summed E-state index contributed by atoms with van der Waals surface area (Å²) < 4.78 is 2.43. The quantitative estimate of drug-likeness (QED) is 0.556. The third-order valence-electron chi connectivity index (χ3n) is 2.82. The lowest BCUT2D eigenvalue weighted by Gasteiger charge is -2.19. The van der Waals surface area contributed by atoms with Crippen molar-refractivity contribution < 1.29 is 0 Å². The molecule has 0 amide bonds. The first-order chi connectivity index (χ1) is 9.10. The summed E-state index contributed by atoms with van der Waals surface area (Å²) in [6.45, 7) is 3.08. The molecule has 1 nitrogen and oxygen atoms in total. The van der Waals surface area contributed by atoms with E-state index >= 15 is 0 Å². The summed E-state index contributed by atoms with van der Waals surface area (Å²) in [4.78, 5) is 1.37. The molecule has 5 heteroatoms. The fraction of sp³-hybridized carbons (Fsp3) is 0.286. The van der Waals surface area contributed by atoms with Gasteiger partial charge in [0.15, 0.2) is 0 Å². The molecule has 0 saturated carbocycles. The number of nitrogens with one attached hydrogen (secondary N) is 1. The number of benzene rings is 1. The first-order valence-corrected chi connectivity index (χ1v) is 9.09. The molecule has 0 radical (unpaired) electrons. The molecule has 1 aromatic heterocycles. The zero-order valence-electron chi connectivity index (χ0n) is 10.4. The van der Waals surface area contributed by atoms with Gasteiger partial charge in [-0.3, -0.25) is 0 Å². The van der Waals surface area contributed by atoms with Crippen LogP contribution in [0, 0.1) is 3.57 Å². The van der Waals surface area contributed by atoms with Crippen LogP contribution in [-0.4, -0.2) is 6.54 Å². The first kappa shape index (κ1) is 15.8. The molecule has 0 saturated heterocycles. The SMILES string of the molecule is CCNC(Cc1ccc(Br)s1)c1cc(Cl)ccc1I. The van der Waals surface area contributed by atoms with E-state index in [4.69, 9.17) is 11.6 Å². The molecule has 1 heterocycles. The molecule has 0 aliphatic heterocycles. The van der Waals surface area contributed by atoms with E-state index in [0.29, 0.717) is 6.04 Å². The van der Waals surface area contributed by atoms with Crippen molar-refractivity contribution >= 4 is 61.5 Å². The molecule has 0 aliphatic rings. The van der Waals surface area contributed by atoms with E-state index in [1.54, 1.807) is 11.3 Å². The number of halogens is 3. The Balaban J connectivity index is 2.26. The highest BCUT2D eigenvalue weighted by Crippen LogP contribution is 2.30. The highest BCUT2D eigenvalue weighted by Gasteiger charge is 2.15. The number of rotatable bonds is 5. The Kier molecular flexibility index (Phi) is 6.14. The van der Waals surface area contributed by atoms with Gasteiger partial charge >= 0.3 is 0 Å². The maximum Gasteiger partial charge on any atom is 0.0701 e. The summed E-state index contributed by atoms with van der Waals surface area (Å²) in [6.07, 6.45) is 0.987. The Labute approximate surface area is 145 Å². The second kappa shape index (κ2) is 7.41. The second-order valence-electron chi connectivity index (χ2n) is 4.19. The maximum absolute atomic E-state index is 6.13. The van der Waals surface area contributed by atoms with Gasteiger partial charge in [-0.1, -0.05) is 18.5 Å². The van der Waals surface area contributed by atoms with E-state index < -0.39 is 0 Å². The summed E-state index contributed by atoms with van der Waals surface area (Å²) in [5.41, 5.74) is 1.28. The van der Waals surface area contributed by atoms with E-state index in [-0.39, 0.29) is 0 Å². The van der Waals surface area contributed by atoms with Crippen LogP contribution in [0.15, 0.2) is 34.1 Å². The van der Waals surface area contributed by atoms with Gasteiger partial charge in [0.25, 0.3) is 0 Å². The van der Waals surface area contributed by atoms with Crippen LogP contribution < -0.4 is 5.32 Å². The van der Waals surface area contributed by atoms with E-state index in [1.807, 2.05) is 6.07 Å². The molecule has 19 heavy (non-hydrogen) atoms. The van der Waals surface area contributed by atoms with Gasteiger partial charge in [0.1, 0.15) is 0 Å². The predicted octanol–water partition coefficient (Wildman–Crippen LogP) is 5.66. The van der Waals surface area contributed by atoms with Crippen molar-refractivity contribution in [3.63, 3.8) is 0 Å². The van der Waals surface area contributed by atoms with E-state index in [1.165, 1.54) is 17.8 Å². The van der Waals surface area contributed by atoms with Gasteiger partial charge in [-0.2, -0.15) is 0 Å². The third kappa shape index (κ3) is 4.43. The van der Waals surface area contributed by atoms with Crippen LogP contribution in [-0.2, 0) is 6.42 Å². The number of likely N-dealkylation sites (N-methyl/N-ethyl adjacent to an activating group) is 1. The van der Waals surface area contributed by atoms with E-state index in [2.05, 4.69) is 75.0 Å². The highest BCUT2D eigenvalue weighted by atomic mass is 127. The van der Waals surface area contributed by atoms with Crippen LogP contribution in [0.5, 0.6) is 0 Å². The molecule has 1 aromatic carbocycles. The van der Waals surface area contributed by atoms with Gasteiger partial charge in [0, 0.05) is 25.9 Å². The molecule has 1 N–H and O–H groups in total. The minimum absolute atomic E-state index is 0.307. The van der Waals surface area contributed by atoms with Crippen LogP contribution in [0.3, 0.4) is 0 Å². The molecule has 0 spiro atoms. The smallest absolute Gasteiger partial charge is 0.0701 e. The zero-order valence-corrected chi connectivity index (χ0v) is 15.7. The summed E-state index contributed by atoms with van der Waals surface area (Å²) in [5.74, 6) is 0. The fourth-order valence-corrected chi connectivity index (χ4v) is 4.40. The van der Waals surface area contributed by atoms with Crippen molar-refractivity contribution in [1.82, 2.24) is 5.32 Å². The molecular weight excluding hydrogens is 456 g/mol. The Bertz CT molecular complexity index is 558. The molecule has 0 aliphatic carbocycles. The summed E-state index contributed by atoms with van der Waals surface area (Å²) in [6, 6.07) is 10.7. The van der Waals surface area contributed by atoms with Crippen LogP contribution in [0.2, 0.25) is 5.02 Å². The van der Waals surface area contributed by atoms with Gasteiger partial charge in [-0.15, -0.1) is 11.3 Å². The summed E-state index contributed by atoms with van der Waals surface area (Å²) in [7, 11) is 0. The van der Waals surface area contributed by atoms with Crippen molar-refractivity contribution in [1.29, 1.82) is 0 Å². The number of hydrogen-bond donors (Lipinski definition) is 1. The zero-order chi connectivity index (χ0) is 13.8. The summed E-state index contributed by atoms with van der Waals surface area (Å²) in [5, 5.41) is 4.35. The van der Waals surface area contributed by atoms with Crippen molar-refractivity contribution in [2.24, 2.45) is 0 Å². The molecule has 1 atom stereocenters. The van der Waals surface area contributed by atoms with Gasteiger partial charge in [0.05, 0.1) is 3.79 Å². The second-order valence-corrected chi connectivity index (χ2v) is 8.33. The first-order valence-electron chi connectivity index (χ1n) is 6.02. The fourth-order valence-electron chi connectivity index (χ4n) is 1.98. The van der Waals surface area contributed by atoms with Crippen LogP contribution in [0.1, 0.15) is 23.4 Å². The topological polar surface area (TPSA) is 12.0 Å². The van der Waals surface area contributed by atoms with Crippen molar-refractivity contribution in [3.8, 4) is 0 Å². The van der Waals surface area contributed by atoms with Crippen LogP contribution in [0.4, 0.5) is 0 Å². The molecule has 102 valence electrons. The van der Waals surface area contributed by atoms with Gasteiger partial charge in [-0.25, -0.2) is 0 Å².